The molecule has 1 saturated heterocycles. The van der Waals surface area contributed by atoms with E-state index in [1.165, 1.54) is 12.1 Å². The van der Waals surface area contributed by atoms with Gasteiger partial charge < -0.3 is 10.2 Å². The van der Waals surface area contributed by atoms with Gasteiger partial charge in [-0.25, -0.2) is 4.39 Å². The first-order chi connectivity index (χ1) is 9.72. The van der Waals surface area contributed by atoms with Crippen molar-refractivity contribution >= 4 is 5.91 Å². The lowest BCUT2D eigenvalue weighted by atomic mass is 9.63. The van der Waals surface area contributed by atoms with Gasteiger partial charge >= 0.3 is 0 Å². The largest absolute Gasteiger partial charge is 0.341 e. The molecule has 0 radical (unpaired) electrons. The van der Waals surface area contributed by atoms with Crippen LogP contribution in [0.2, 0.25) is 0 Å². The smallest absolute Gasteiger partial charge is 0.233 e. The Morgan fingerprint density at radius 2 is 2.05 bits per heavy atom. The zero-order valence-corrected chi connectivity index (χ0v) is 11.7. The van der Waals surface area contributed by atoms with Crippen molar-refractivity contribution in [1.29, 1.82) is 0 Å². The Morgan fingerprint density at radius 1 is 1.20 bits per heavy atom. The number of nitrogens with one attached hydrogen (secondary N) is 1. The van der Waals surface area contributed by atoms with Gasteiger partial charge in [-0.2, -0.15) is 0 Å². The van der Waals surface area contributed by atoms with Crippen molar-refractivity contribution in [2.75, 3.05) is 26.2 Å². The van der Waals surface area contributed by atoms with Crippen LogP contribution < -0.4 is 5.32 Å². The zero-order chi connectivity index (χ0) is 14.0. The third-order valence-electron chi connectivity index (χ3n) is 4.62. The molecule has 1 amide bonds. The van der Waals surface area contributed by atoms with E-state index in [4.69, 9.17) is 0 Å². The molecule has 108 valence electrons. The van der Waals surface area contributed by atoms with Gasteiger partial charge in [0.2, 0.25) is 5.91 Å². The third kappa shape index (κ3) is 2.33. The van der Waals surface area contributed by atoms with Crippen LogP contribution in [-0.4, -0.2) is 37.0 Å². The first-order valence-corrected chi connectivity index (χ1v) is 7.48. The SMILES string of the molecule is O=C(N1CCCNCC1)C1(c2cccc(F)c2)CCC1. The molecule has 1 saturated carbocycles. The summed E-state index contributed by atoms with van der Waals surface area (Å²) in [5, 5.41) is 3.31. The van der Waals surface area contributed by atoms with Gasteiger partial charge in [-0.3, -0.25) is 4.79 Å². The molecule has 4 heteroatoms. The molecule has 0 bridgehead atoms. The van der Waals surface area contributed by atoms with Crippen molar-refractivity contribution in [3.05, 3.63) is 35.6 Å². The second-order valence-corrected chi connectivity index (χ2v) is 5.84. The Balaban J connectivity index is 1.86. The maximum absolute atomic E-state index is 13.5. The molecule has 0 spiro atoms. The average molecular weight is 276 g/mol. The highest BCUT2D eigenvalue weighted by atomic mass is 19.1. The van der Waals surface area contributed by atoms with E-state index in [1.807, 2.05) is 11.0 Å². The molecule has 1 aliphatic heterocycles. The van der Waals surface area contributed by atoms with E-state index in [-0.39, 0.29) is 11.7 Å². The maximum atomic E-state index is 13.5. The minimum Gasteiger partial charge on any atom is -0.341 e. The van der Waals surface area contributed by atoms with E-state index < -0.39 is 5.41 Å². The molecular formula is C16H21FN2O. The Hall–Kier alpha value is -1.42. The Bertz CT molecular complexity index is 491. The van der Waals surface area contributed by atoms with Crippen molar-refractivity contribution in [1.82, 2.24) is 10.2 Å². The summed E-state index contributed by atoms with van der Waals surface area (Å²) < 4.78 is 13.5. The molecule has 3 rings (SSSR count). The molecule has 1 aromatic carbocycles. The van der Waals surface area contributed by atoms with E-state index in [0.717, 1.165) is 57.4 Å². The van der Waals surface area contributed by atoms with Gasteiger partial charge in [-0.1, -0.05) is 18.6 Å². The van der Waals surface area contributed by atoms with Crippen LogP contribution in [0.15, 0.2) is 24.3 Å². The standard InChI is InChI=1S/C16H21FN2O/c17-14-5-1-4-13(12-14)16(6-2-7-16)15(20)19-10-3-8-18-9-11-19/h1,4-5,12,18H,2-3,6-11H2. The number of hydrogen-bond donors (Lipinski definition) is 1. The van der Waals surface area contributed by atoms with Gasteiger partial charge in [0.25, 0.3) is 0 Å². The van der Waals surface area contributed by atoms with Gasteiger partial charge in [0.15, 0.2) is 0 Å². The Morgan fingerprint density at radius 3 is 2.75 bits per heavy atom. The predicted octanol–water partition coefficient (Wildman–Crippen LogP) is 2.07. The number of carbonyl (C=O) groups excluding carboxylic acids is 1. The first kappa shape index (κ1) is 13.6. The molecule has 2 fully saturated rings. The molecule has 0 aromatic heterocycles. The van der Waals surface area contributed by atoms with Gasteiger partial charge in [0.1, 0.15) is 5.82 Å². The second kappa shape index (κ2) is 5.52. The molecule has 1 aromatic rings. The lowest BCUT2D eigenvalue weighted by Crippen LogP contribution is -2.51. The van der Waals surface area contributed by atoms with Crippen molar-refractivity contribution in [2.24, 2.45) is 0 Å². The lowest BCUT2D eigenvalue weighted by Gasteiger charge is -2.43. The first-order valence-electron chi connectivity index (χ1n) is 7.48. The van der Waals surface area contributed by atoms with Gasteiger partial charge in [-0.15, -0.1) is 0 Å². The number of carbonyl (C=O) groups is 1. The van der Waals surface area contributed by atoms with Crippen LogP contribution in [0.25, 0.3) is 0 Å². The minimum absolute atomic E-state index is 0.193. The number of halogens is 1. The summed E-state index contributed by atoms with van der Waals surface area (Å²) in [5.74, 6) is -0.0582. The molecule has 0 unspecified atom stereocenters. The van der Waals surface area contributed by atoms with Gasteiger partial charge in [0, 0.05) is 19.6 Å². The highest BCUT2D eigenvalue weighted by Crippen LogP contribution is 2.45. The van der Waals surface area contributed by atoms with Crippen LogP contribution >= 0.6 is 0 Å². The number of benzene rings is 1. The number of amides is 1. The Labute approximate surface area is 119 Å². The summed E-state index contributed by atoms with van der Waals surface area (Å²) in [6.45, 7) is 3.39. The van der Waals surface area contributed by atoms with Crippen molar-refractivity contribution in [3.8, 4) is 0 Å². The van der Waals surface area contributed by atoms with Crippen molar-refractivity contribution in [2.45, 2.75) is 31.1 Å². The topological polar surface area (TPSA) is 32.3 Å². The van der Waals surface area contributed by atoms with Crippen LogP contribution in [0.4, 0.5) is 4.39 Å². The highest BCUT2D eigenvalue weighted by molar-refractivity contribution is 5.89. The summed E-state index contributed by atoms with van der Waals surface area (Å²) in [5.41, 5.74) is 0.387. The quantitative estimate of drug-likeness (QED) is 0.897. The number of nitrogens with zero attached hydrogens (tertiary/aromatic N) is 1. The van der Waals surface area contributed by atoms with Crippen LogP contribution in [0.5, 0.6) is 0 Å². The number of rotatable bonds is 2. The molecule has 1 N–H and O–H groups in total. The van der Waals surface area contributed by atoms with E-state index in [2.05, 4.69) is 5.32 Å². The van der Waals surface area contributed by atoms with E-state index in [1.54, 1.807) is 6.07 Å². The lowest BCUT2D eigenvalue weighted by molar-refractivity contribution is -0.140. The molecule has 1 heterocycles. The second-order valence-electron chi connectivity index (χ2n) is 5.84. The van der Waals surface area contributed by atoms with Crippen molar-refractivity contribution in [3.63, 3.8) is 0 Å². The van der Waals surface area contributed by atoms with Crippen LogP contribution in [0.1, 0.15) is 31.2 Å². The fourth-order valence-electron chi connectivity index (χ4n) is 3.29. The van der Waals surface area contributed by atoms with Gasteiger partial charge in [0.05, 0.1) is 5.41 Å². The minimum atomic E-state index is -0.466. The van der Waals surface area contributed by atoms with Crippen LogP contribution in [0, 0.1) is 5.82 Å². The summed E-state index contributed by atoms with van der Waals surface area (Å²) >= 11 is 0. The summed E-state index contributed by atoms with van der Waals surface area (Å²) in [6, 6.07) is 6.58. The molecule has 3 nitrogen and oxygen atoms in total. The van der Waals surface area contributed by atoms with Crippen LogP contribution in [0.3, 0.4) is 0 Å². The van der Waals surface area contributed by atoms with Crippen LogP contribution in [-0.2, 0) is 10.2 Å². The summed E-state index contributed by atoms with van der Waals surface area (Å²) in [6.07, 6.45) is 3.73. The predicted molar refractivity (Wildman–Crippen MR) is 76.0 cm³/mol. The van der Waals surface area contributed by atoms with Gasteiger partial charge in [-0.05, 0) is 43.5 Å². The van der Waals surface area contributed by atoms with E-state index in [9.17, 15) is 9.18 Å². The Kier molecular flexibility index (Phi) is 3.74. The van der Waals surface area contributed by atoms with Crippen molar-refractivity contribution < 1.29 is 9.18 Å². The highest BCUT2D eigenvalue weighted by Gasteiger charge is 2.47. The van der Waals surface area contributed by atoms with E-state index in [0.29, 0.717) is 0 Å². The van der Waals surface area contributed by atoms with E-state index >= 15 is 0 Å². The zero-order valence-electron chi connectivity index (χ0n) is 11.7. The summed E-state index contributed by atoms with van der Waals surface area (Å²) in [7, 11) is 0. The molecule has 2 aliphatic rings. The average Bonchev–Trinajstić information content (AvgIpc) is 2.66. The molecule has 1 aliphatic carbocycles. The molecule has 20 heavy (non-hydrogen) atoms. The number of hydrogen-bond acceptors (Lipinski definition) is 2. The maximum Gasteiger partial charge on any atom is 0.233 e. The fraction of sp³-hybridized carbons (Fsp3) is 0.562. The third-order valence-corrected chi connectivity index (χ3v) is 4.62. The fourth-order valence-corrected chi connectivity index (χ4v) is 3.29. The molecular weight excluding hydrogens is 255 g/mol. The monoisotopic (exact) mass is 276 g/mol. The normalized spacial score (nSPS) is 21.9. The molecule has 0 atom stereocenters. The summed E-state index contributed by atoms with van der Waals surface area (Å²) in [4.78, 5) is 14.9.